The van der Waals surface area contributed by atoms with Crippen molar-refractivity contribution in [1.82, 2.24) is 0 Å². The van der Waals surface area contributed by atoms with Gasteiger partial charge in [0.1, 0.15) is 0 Å². The number of rotatable bonds is 3. The molecule has 3 heteroatoms. The van der Waals surface area contributed by atoms with Gasteiger partial charge in [0.25, 0.3) is 0 Å². The fourth-order valence-electron chi connectivity index (χ4n) is 2.21. The molecular formula is C15H21N3. The molecule has 1 aromatic rings. The van der Waals surface area contributed by atoms with Crippen LogP contribution in [0.1, 0.15) is 26.7 Å². The molecule has 1 aromatic carbocycles. The Morgan fingerprint density at radius 1 is 1.39 bits per heavy atom. The molecule has 1 aliphatic rings. The van der Waals surface area contributed by atoms with E-state index in [-0.39, 0.29) is 5.41 Å². The molecule has 0 saturated carbocycles. The largest absolute Gasteiger partial charge is 0.383 e. The third-order valence-corrected chi connectivity index (χ3v) is 3.47. The highest BCUT2D eigenvalue weighted by Gasteiger charge is 2.20. The van der Waals surface area contributed by atoms with Gasteiger partial charge in [0.15, 0.2) is 0 Å². The van der Waals surface area contributed by atoms with E-state index < -0.39 is 0 Å². The summed E-state index contributed by atoms with van der Waals surface area (Å²) in [7, 11) is 0. The summed E-state index contributed by atoms with van der Waals surface area (Å²) in [5, 5.41) is 12.6. The monoisotopic (exact) mass is 243 g/mol. The van der Waals surface area contributed by atoms with Crippen LogP contribution < -0.4 is 10.2 Å². The Hall–Kier alpha value is -1.69. The van der Waals surface area contributed by atoms with E-state index in [1.807, 2.05) is 13.8 Å². The number of fused-ring (bicyclic) bond motifs is 1. The summed E-state index contributed by atoms with van der Waals surface area (Å²) in [6, 6.07) is 10.8. The molecule has 1 heterocycles. The predicted octanol–water partition coefficient (Wildman–Crippen LogP) is 3.25. The van der Waals surface area contributed by atoms with Crippen LogP contribution in [0.4, 0.5) is 11.4 Å². The van der Waals surface area contributed by atoms with Crippen molar-refractivity contribution in [2.24, 2.45) is 5.41 Å². The Balaban J connectivity index is 2.11. The van der Waals surface area contributed by atoms with Gasteiger partial charge in [0.2, 0.25) is 0 Å². The van der Waals surface area contributed by atoms with E-state index in [0.717, 1.165) is 32.5 Å². The van der Waals surface area contributed by atoms with Gasteiger partial charge in [-0.25, -0.2) is 0 Å². The highest BCUT2D eigenvalue weighted by Crippen LogP contribution is 2.29. The van der Waals surface area contributed by atoms with Crippen LogP contribution in [0, 0.1) is 16.7 Å². The van der Waals surface area contributed by atoms with Crippen molar-refractivity contribution in [3.8, 4) is 6.07 Å². The van der Waals surface area contributed by atoms with Crippen LogP contribution in [0.2, 0.25) is 0 Å². The second kappa shape index (κ2) is 5.30. The van der Waals surface area contributed by atoms with Crippen LogP contribution in [0.25, 0.3) is 0 Å². The summed E-state index contributed by atoms with van der Waals surface area (Å²) in [5.41, 5.74) is 2.24. The van der Waals surface area contributed by atoms with Crippen LogP contribution in [-0.4, -0.2) is 19.6 Å². The van der Waals surface area contributed by atoms with E-state index in [1.165, 1.54) is 11.4 Å². The van der Waals surface area contributed by atoms with E-state index in [1.54, 1.807) is 0 Å². The molecular weight excluding hydrogens is 222 g/mol. The average molecular weight is 243 g/mol. The average Bonchev–Trinajstić information content (AvgIpc) is 2.59. The normalized spacial score (nSPS) is 15.3. The van der Waals surface area contributed by atoms with E-state index in [2.05, 4.69) is 40.6 Å². The zero-order valence-corrected chi connectivity index (χ0v) is 11.2. The van der Waals surface area contributed by atoms with Crippen molar-refractivity contribution < 1.29 is 0 Å². The van der Waals surface area contributed by atoms with E-state index in [9.17, 15) is 0 Å². The van der Waals surface area contributed by atoms with Crippen LogP contribution in [0.5, 0.6) is 0 Å². The molecule has 0 atom stereocenters. The van der Waals surface area contributed by atoms with Crippen LogP contribution in [0.15, 0.2) is 24.3 Å². The zero-order chi connectivity index (χ0) is 13.0. The number of hydrogen-bond donors (Lipinski definition) is 1. The van der Waals surface area contributed by atoms with Gasteiger partial charge < -0.3 is 10.2 Å². The molecule has 0 radical (unpaired) electrons. The SMILES string of the molecule is CC(C)(C#N)CCN1CCCNc2ccccc21. The van der Waals surface area contributed by atoms with Crippen LogP contribution in [-0.2, 0) is 0 Å². The second-order valence-corrected chi connectivity index (χ2v) is 5.53. The number of nitriles is 1. The van der Waals surface area contributed by atoms with Crippen molar-refractivity contribution in [3.05, 3.63) is 24.3 Å². The molecule has 0 bridgehead atoms. The van der Waals surface area contributed by atoms with Gasteiger partial charge >= 0.3 is 0 Å². The molecule has 1 aliphatic heterocycles. The lowest BCUT2D eigenvalue weighted by Crippen LogP contribution is -2.28. The topological polar surface area (TPSA) is 39.1 Å². The maximum absolute atomic E-state index is 9.09. The molecule has 0 aromatic heterocycles. The lowest BCUT2D eigenvalue weighted by Gasteiger charge is -2.27. The standard InChI is InChI=1S/C15H21N3/c1-15(2,12-16)8-11-18-10-5-9-17-13-6-3-4-7-14(13)18/h3-4,6-7,17H,5,8-11H2,1-2H3. The number of benzene rings is 1. The minimum absolute atomic E-state index is 0.241. The maximum Gasteiger partial charge on any atom is 0.0684 e. The maximum atomic E-state index is 9.09. The first kappa shape index (κ1) is 12.8. The van der Waals surface area contributed by atoms with Crippen LogP contribution >= 0.6 is 0 Å². The Bertz CT molecular complexity index is 445. The summed E-state index contributed by atoms with van der Waals surface area (Å²) in [6.45, 7) is 7.05. The first-order valence-corrected chi connectivity index (χ1v) is 6.61. The fourth-order valence-corrected chi connectivity index (χ4v) is 2.21. The third kappa shape index (κ3) is 2.95. The first-order valence-electron chi connectivity index (χ1n) is 6.61. The Labute approximate surface area is 109 Å². The van der Waals surface area contributed by atoms with Crippen molar-refractivity contribution in [3.63, 3.8) is 0 Å². The quantitative estimate of drug-likeness (QED) is 0.885. The minimum atomic E-state index is -0.241. The molecule has 0 unspecified atom stereocenters. The highest BCUT2D eigenvalue weighted by molar-refractivity contribution is 5.70. The third-order valence-electron chi connectivity index (χ3n) is 3.47. The molecule has 0 amide bonds. The lowest BCUT2D eigenvalue weighted by molar-refractivity contribution is 0.450. The molecule has 1 N–H and O–H groups in total. The van der Waals surface area contributed by atoms with Gasteiger partial charge in [0.05, 0.1) is 22.9 Å². The number of hydrogen-bond acceptors (Lipinski definition) is 3. The summed E-state index contributed by atoms with van der Waals surface area (Å²) in [4.78, 5) is 2.40. The van der Waals surface area contributed by atoms with Crippen molar-refractivity contribution in [1.29, 1.82) is 5.26 Å². The first-order chi connectivity index (χ1) is 8.62. The van der Waals surface area contributed by atoms with Gasteiger partial charge in [-0.15, -0.1) is 0 Å². The minimum Gasteiger partial charge on any atom is -0.383 e. The van der Waals surface area contributed by atoms with Gasteiger partial charge in [-0.2, -0.15) is 5.26 Å². The van der Waals surface area contributed by atoms with Gasteiger partial charge in [-0.05, 0) is 38.8 Å². The van der Waals surface area contributed by atoms with E-state index >= 15 is 0 Å². The molecule has 0 fully saturated rings. The summed E-state index contributed by atoms with van der Waals surface area (Å²) < 4.78 is 0. The number of nitrogens with zero attached hydrogens (tertiary/aromatic N) is 2. The van der Waals surface area contributed by atoms with E-state index in [0.29, 0.717) is 0 Å². The Morgan fingerprint density at radius 3 is 2.94 bits per heavy atom. The van der Waals surface area contributed by atoms with Crippen LogP contribution in [0.3, 0.4) is 0 Å². The smallest absolute Gasteiger partial charge is 0.0684 e. The van der Waals surface area contributed by atoms with Crippen molar-refractivity contribution in [2.45, 2.75) is 26.7 Å². The van der Waals surface area contributed by atoms with Gasteiger partial charge in [0, 0.05) is 19.6 Å². The highest BCUT2D eigenvalue weighted by atomic mass is 15.2. The summed E-state index contributed by atoms with van der Waals surface area (Å²) in [5.74, 6) is 0. The fraction of sp³-hybridized carbons (Fsp3) is 0.533. The Kier molecular flexibility index (Phi) is 3.76. The van der Waals surface area contributed by atoms with Gasteiger partial charge in [-0.3, -0.25) is 0 Å². The lowest BCUT2D eigenvalue weighted by atomic mass is 9.91. The number of para-hydroxylation sites is 2. The van der Waals surface area contributed by atoms with E-state index in [4.69, 9.17) is 5.26 Å². The van der Waals surface area contributed by atoms with Crippen molar-refractivity contribution in [2.75, 3.05) is 29.9 Å². The predicted molar refractivity (Wildman–Crippen MR) is 75.8 cm³/mol. The van der Waals surface area contributed by atoms with Crippen molar-refractivity contribution >= 4 is 11.4 Å². The molecule has 18 heavy (non-hydrogen) atoms. The second-order valence-electron chi connectivity index (χ2n) is 5.53. The van der Waals surface area contributed by atoms with Gasteiger partial charge in [-0.1, -0.05) is 12.1 Å². The Morgan fingerprint density at radius 2 is 2.17 bits per heavy atom. The summed E-state index contributed by atoms with van der Waals surface area (Å²) in [6.07, 6.45) is 2.04. The molecule has 2 rings (SSSR count). The zero-order valence-electron chi connectivity index (χ0n) is 11.2. The molecule has 0 spiro atoms. The molecule has 96 valence electrons. The molecule has 0 saturated heterocycles. The molecule has 0 aliphatic carbocycles. The summed E-state index contributed by atoms with van der Waals surface area (Å²) >= 11 is 0. The molecule has 3 nitrogen and oxygen atoms in total. The number of nitrogens with one attached hydrogen (secondary N) is 1. The number of anilines is 2.